The van der Waals surface area contributed by atoms with Gasteiger partial charge in [-0.15, -0.1) is 0 Å². The monoisotopic (exact) mass is 219 g/mol. The molecule has 1 heterocycles. The number of carbonyl (C=O) groups is 2. The van der Waals surface area contributed by atoms with E-state index in [1.807, 2.05) is 18.2 Å². The standard InChI is InChI=1S/C12H13NO3/c14-10(9-4-2-1-3-5-9)8-13-11(15)6-7-12(13)16/h1-5,10,14H,6-8H2/t10-/m0/s1. The van der Waals surface area contributed by atoms with Gasteiger partial charge in [-0.3, -0.25) is 14.5 Å². The lowest BCUT2D eigenvalue weighted by atomic mass is 10.1. The minimum Gasteiger partial charge on any atom is -0.387 e. The number of likely N-dealkylation sites (tertiary alicyclic amines) is 1. The third-order valence-corrected chi connectivity index (χ3v) is 2.69. The molecule has 1 aromatic carbocycles. The maximum Gasteiger partial charge on any atom is 0.229 e. The van der Waals surface area contributed by atoms with Crippen LogP contribution in [0, 0.1) is 0 Å². The molecular formula is C12H13NO3. The zero-order chi connectivity index (χ0) is 11.5. The molecule has 1 atom stereocenters. The van der Waals surface area contributed by atoms with Crippen LogP contribution in [-0.2, 0) is 9.59 Å². The molecule has 0 radical (unpaired) electrons. The van der Waals surface area contributed by atoms with Crippen molar-refractivity contribution in [3.05, 3.63) is 35.9 Å². The first kappa shape index (κ1) is 10.8. The summed E-state index contributed by atoms with van der Waals surface area (Å²) < 4.78 is 0. The van der Waals surface area contributed by atoms with E-state index >= 15 is 0 Å². The number of imide groups is 1. The predicted molar refractivity (Wildman–Crippen MR) is 57.4 cm³/mol. The van der Waals surface area contributed by atoms with Crippen LogP contribution in [0.1, 0.15) is 24.5 Å². The Balaban J connectivity index is 2.05. The van der Waals surface area contributed by atoms with Crippen LogP contribution in [0.15, 0.2) is 30.3 Å². The molecule has 0 unspecified atom stereocenters. The summed E-state index contributed by atoms with van der Waals surface area (Å²) in [6.45, 7) is 0.0572. The Morgan fingerprint density at radius 2 is 1.69 bits per heavy atom. The van der Waals surface area contributed by atoms with Gasteiger partial charge in [0.05, 0.1) is 12.6 Å². The van der Waals surface area contributed by atoms with Crippen molar-refractivity contribution in [1.29, 1.82) is 0 Å². The normalized spacial score (nSPS) is 17.9. The summed E-state index contributed by atoms with van der Waals surface area (Å²) in [6.07, 6.45) is -0.270. The molecule has 1 aromatic rings. The Labute approximate surface area is 93.5 Å². The highest BCUT2D eigenvalue weighted by Gasteiger charge is 2.30. The molecule has 2 rings (SSSR count). The van der Waals surface area contributed by atoms with E-state index in [4.69, 9.17) is 0 Å². The number of carbonyl (C=O) groups excluding carboxylic acids is 2. The second-order valence-electron chi connectivity index (χ2n) is 3.82. The molecule has 1 fully saturated rings. The van der Waals surface area contributed by atoms with Crippen molar-refractivity contribution in [1.82, 2.24) is 4.90 Å². The minimum absolute atomic E-state index is 0.0572. The molecule has 84 valence electrons. The number of hydrogen-bond donors (Lipinski definition) is 1. The van der Waals surface area contributed by atoms with Crippen molar-refractivity contribution < 1.29 is 14.7 Å². The fourth-order valence-electron chi connectivity index (χ4n) is 1.78. The van der Waals surface area contributed by atoms with Crippen molar-refractivity contribution in [3.63, 3.8) is 0 Å². The molecule has 0 spiro atoms. The molecule has 1 aliphatic heterocycles. The van der Waals surface area contributed by atoms with Crippen LogP contribution in [0.5, 0.6) is 0 Å². The van der Waals surface area contributed by atoms with E-state index in [2.05, 4.69) is 0 Å². The van der Waals surface area contributed by atoms with Crippen molar-refractivity contribution in [2.45, 2.75) is 18.9 Å². The zero-order valence-electron chi connectivity index (χ0n) is 8.80. The number of hydrogen-bond acceptors (Lipinski definition) is 3. The lowest BCUT2D eigenvalue weighted by molar-refractivity contribution is -0.140. The Bertz CT molecular complexity index is 386. The summed E-state index contributed by atoms with van der Waals surface area (Å²) in [5.41, 5.74) is 0.718. The van der Waals surface area contributed by atoms with E-state index in [-0.39, 0.29) is 31.2 Å². The van der Waals surface area contributed by atoms with Gasteiger partial charge in [-0.2, -0.15) is 0 Å². The maximum absolute atomic E-state index is 11.3. The third kappa shape index (κ3) is 2.12. The van der Waals surface area contributed by atoms with E-state index in [0.29, 0.717) is 0 Å². The predicted octanol–water partition coefficient (Wildman–Crippen LogP) is 0.869. The Morgan fingerprint density at radius 1 is 1.12 bits per heavy atom. The Hall–Kier alpha value is -1.68. The molecule has 1 saturated heterocycles. The van der Waals surface area contributed by atoms with Gasteiger partial charge in [0.25, 0.3) is 0 Å². The van der Waals surface area contributed by atoms with Crippen LogP contribution in [-0.4, -0.2) is 28.4 Å². The molecular weight excluding hydrogens is 206 g/mol. The first-order valence-electron chi connectivity index (χ1n) is 5.24. The van der Waals surface area contributed by atoms with Gasteiger partial charge in [-0.1, -0.05) is 30.3 Å². The third-order valence-electron chi connectivity index (χ3n) is 2.69. The first-order chi connectivity index (χ1) is 7.68. The number of nitrogens with zero attached hydrogens (tertiary/aromatic N) is 1. The van der Waals surface area contributed by atoms with Gasteiger partial charge in [0.15, 0.2) is 0 Å². The van der Waals surface area contributed by atoms with Gasteiger partial charge in [-0.25, -0.2) is 0 Å². The van der Waals surface area contributed by atoms with Crippen LogP contribution >= 0.6 is 0 Å². The van der Waals surface area contributed by atoms with Gasteiger partial charge >= 0.3 is 0 Å². The van der Waals surface area contributed by atoms with Gasteiger partial charge in [-0.05, 0) is 5.56 Å². The summed E-state index contributed by atoms with van der Waals surface area (Å²) in [6, 6.07) is 9.02. The smallest absolute Gasteiger partial charge is 0.229 e. The van der Waals surface area contributed by atoms with Crippen LogP contribution in [0.25, 0.3) is 0 Å². The van der Waals surface area contributed by atoms with E-state index < -0.39 is 6.10 Å². The molecule has 0 bridgehead atoms. The fourth-order valence-corrected chi connectivity index (χ4v) is 1.78. The van der Waals surface area contributed by atoms with E-state index in [1.54, 1.807) is 12.1 Å². The first-order valence-corrected chi connectivity index (χ1v) is 5.24. The average Bonchev–Trinajstić information content (AvgIpc) is 2.62. The van der Waals surface area contributed by atoms with Crippen LogP contribution < -0.4 is 0 Å². The minimum atomic E-state index is -0.799. The largest absolute Gasteiger partial charge is 0.387 e. The SMILES string of the molecule is O=C1CCC(=O)N1C[C@H](O)c1ccccc1. The molecule has 2 amide bonds. The van der Waals surface area contributed by atoms with Crippen molar-refractivity contribution >= 4 is 11.8 Å². The molecule has 16 heavy (non-hydrogen) atoms. The topological polar surface area (TPSA) is 57.6 Å². The van der Waals surface area contributed by atoms with Crippen LogP contribution in [0.4, 0.5) is 0 Å². The Kier molecular flexibility index (Phi) is 3.01. The molecule has 4 nitrogen and oxygen atoms in total. The number of benzene rings is 1. The molecule has 0 saturated carbocycles. The molecule has 0 aliphatic carbocycles. The number of aliphatic hydroxyl groups excluding tert-OH is 1. The lowest BCUT2D eigenvalue weighted by Gasteiger charge is -2.18. The summed E-state index contributed by atoms with van der Waals surface area (Å²) in [4.78, 5) is 23.8. The van der Waals surface area contributed by atoms with E-state index in [9.17, 15) is 14.7 Å². The molecule has 1 aliphatic rings. The summed E-state index contributed by atoms with van der Waals surface area (Å²) >= 11 is 0. The highest BCUT2D eigenvalue weighted by molar-refractivity contribution is 6.01. The van der Waals surface area contributed by atoms with Gasteiger partial charge in [0.2, 0.25) is 11.8 Å². The number of aliphatic hydroxyl groups is 1. The van der Waals surface area contributed by atoms with Gasteiger partial charge in [0, 0.05) is 12.8 Å². The van der Waals surface area contributed by atoms with Gasteiger partial charge in [0.1, 0.15) is 0 Å². The zero-order valence-corrected chi connectivity index (χ0v) is 8.80. The van der Waals surface area contributed by atoms with E-state index in [1.165, 1.54) is 0 Å². The molecule has 4 heteroatoms. The summed E-state index contributed by atoms with van der Waals surface area (Å²) in [7, 11) is 0. The fraction of sp³-hybridized carbons (Fsp3) is 0.333. The summed E-state index contributed by atoms with van der Waals surface area (Å²) in [5, 5.41) is 9.87. The van der Waals surface area contributed by atoms with E-state index in [0.717, 1.165) is 10.5 Å². The lowest BCUT2D eigenvalue weighted by Crippen LogP contribution is -2.33. The summed E-state index contributed by atoms with van der Waals surface area (Å²) in [5.74, 6) is -0.389. The highest BCUT2D eigenvalue weighted by atomic mass is 16.3. The number of β-amino-alcohol motifs (C(OH)–C–C–N with tert-alkyl or cyclic N) is 1. The van der Waals surface area contributed by atoms with Crippen molar-refractivity contribution in [2.75, 3.05) is 6.54 Å². The second-order valence-corrected chi connectivity index (χ2v) is 3.82. The average molecular weight is 219 g/mol. The number of amides is 2. The van der Waals surface area contributed by atoms with Gasteiger partial charge < -0.3 is 5.11 Å². The maximum atomic E-state index is 11.3. The quantitative estimate of drug-likeness (QED) is 0.767. The van der Waals surface area contributed by atoms with Crippen LogP contribution in [0.3, 0.4) is 0 Å². The van der Waals surface area contributed by atoms with Crippen molar-refractivity contribution in [2.24, 2.45) is 0 Å². The Morgan fingerprint density at radius 3 is 2.25 bits per heavy atom. The highest BCUT2D eigenvalue weighted by Crippen LogP contribution is 2.18. The van der Waals surface area contributed by atoms with Crippen molar-refractivity contribution in [3.8, 4) is 0 Å². The molecule has 0 aromatic heterocycles. The second kappa shape index (κ2) is 4.45. The molecule has 1 N–H and O–H groups in total. The number of rotatable bonds is 3. The van der Waals surface area contributed by atoms with Crippen LogP contribution in [0.2, 0.25) is 0 Å².